The number of carbonyl (C=O) groups excluding carboxylic acids is 1. The number of nitrogens with zero attached hydrogens (tertiary/aromatic N) is 6. The summed E-state index contributed by atoms with van der Waals surface area (Å²) in [7, 11) is 0. The highest BCUT2D eigenvalue weighted by Gasteiger charge is 2.31. The number of likely N-dealkylation sites (tertiary alicyclic amines) is 1. The van der Waals surface area contributed by atoms with Crippen molar-refractivity contribution in [2.45, 2.75) is 38.8 Å². The molecular formula is C26H28F2N6O3. The van der Waals surface area contributed by atoms with Gasteiger partial charge in [0.2, 0.25) is 11.8 Å². The van der Waals surface area contributed by atoms with Crippen LogP contribution in [0.2, 0.25) is 0 Å². The molecule has 1 atom stereocenters. The van der Waals surface area contributed by atoms with Crippen LogP contribution in [0.25, 0.3) is 17.1 Å². The molecule has 1 aliphatic heterocycles. The van der Waals surface area contributed by atoms with E-state index in [4.69, 9.17) is 4.42 Å². The third-order valence-corrected chi connectivity index (χ3v) is 6.80. The molecular weight excluding hydrogens is 482 g/mol. The van der Waals surface area contributed by atoms with Crippen molar-refractivity contribution in [3.63, 3.8) is 0 Å². The van der Waals surface area contributed by atoms with Crippen molar-refractivity contribution in [1.29, 1.82) is 0 Å². The van der Waals surface area contributed by atoms with Crippen LogP contribution in [0.3, 0.4) is 0 Å². The first-order valence-electron chi connectivity index (χ1n) is 12.2. The Morgan fingerprint density at radius 1 is 1.19 bits per heavy atom. The second kappa shape index (κ2) is 10.7. The van der Waals surface area contributed by atoms with E-state index in [1.807, 2.05) is 43.5 Å². The molecule has 37 heavy (non-hydrogen) atoms. The van der Waals surface area contributed by atoms with Gasteiger partial charge in [0.05, 0.1) is 18.8 Å². The van der Waals surface area contributed by atoms with Gasteiger partial charge in [-0.1, -0.05) is 18.2 Å². The molecule has 1 aromatic carbocycles. The molecule has 194 valence electrons. The van der Waals surface area contributed by atoms with Crippen LogP contribution in [-0.2, 0) is 11.3 Å². The lowest BCUT2D eigenvalue weighted by Crippen LogP contribution is -2.46. The maximum Gasteiger partial charge on any atom is 0.314 e. The van der Waals surface area contributed by atoms with E-state index in [9.17, 15) is 18.7 Å². The minimum atomic E-state index is -2.84. The average molecular weight is 511 g/mol. The monoisotopic (exact) mass is 510 g/mol. The number of aliphatic hydroxyl groups excluding tert-OH is 1. The quantitative estimate of drug-likeness (QED) is 0.383. The van der Waals surface area contributed by atoms with Crippen LogP contribution in [0.1, 0.15) is 37.8 Å². The fourth-order valence-electron chi connectivity index (χ4n) is 4.67. The summed E-state index contributed by atoms with van der Waals surface area (Å²) < 4.78 is 32.5. The Bertz CT molecular complexity index is 1350. The van der Waals surface area contributed by atoms with Crippen molar-refractivity contribution in [1.82, 2.24) is 24.5 Å². The average Bonchev–Trinajstić information content (AvgIpc) is 3.58. The highest BCUT2D eigenvalue weighted by Crippen LogP contribution is 2.27. The lowest BCUT2D eigenvalue weighted by molar-refractivity contribution is -0.124. The number of carbonyl (C=O) groups is 1. The topological polar surface area (TPSA) is 100 Å². The first-order valence-corrected chi connectivity index (χ1v) is 12.2. The van der Waals surface area contributed by atoms with Crippen LogP contribution in [-0.4, -0.2) is 61.2 Å². The van der Waals surface area contributed by atoms with E-state index in [1.54, 1.807) is 27.6 Å². The molecule has 4 heterocycles. The molecule has 1 amide bonds. The number of fused-ring (bicyclic) bond motifs is 1. The molecule has 1 fully saturated rings. The van der Waals surface area contributed by atoms with E-state index in [1.165, 1.54) is 0 Å². The lowest BCUT2D eigenvalue weighted by atomic mass is 9.94. The van der Waals surface area contributed by atoms with Crippen LogP contribution < -0.4 is 4.90 Å². The largest absolute Gasteiger partial charge is 0.415 e. The fraction of sp³-hybridized carbons (Fsp3) is 0.385. The van der Waals surface area contributed by atoms with Gasteiger partial charge in [-0.25, -0.2) is 4.98 Å². The molecule has 0 spiro atoms. The number of aliphatic hydroxyl groups is 1. The summed E-state index contributed by atoms with van der Waals surface area (Å²) in [6.07, 6.45) is 2.19. The predicted molar refractivity (Wildman–Crippen MR) is 132 cm³/mol. The van der Waals surface area contributed by atoms with Gasteiger partial charge >= 0.3 is 6.43 Å². The van der Waals surface area contributed by atoms with Gasteiger partial charge in [0.15, 0.2) is 0 Å². The molecule has 0 aliphatic carbocycles. The number of alkyl halides is 2. The minimum absolute atomic E-state index is 0.00898. The number of benzene rings is 1. The van der Waals surface area contributed by atoms with Crippen molar-refractivity contribution in [3.05, 3.63) is 66.4 Å². The Kier molecular flexibility index (Phi) is 7.24. The summed E-state index contributed by atoms with van der Waals surface area (Å²) in [5.41, 5.74) is 2.52. The van der Waals surface area contributed by atoms with Gasteiger partial charge in [0.25, 0.3) is 5.89 Å². The molecule has 0 saturated carbocycles. The molecule has 11 heteroatoms. The second-order valence-electron chi connectivity index (χ2n) is 9.26. The zero-order valence-electron chi connectivity index (χ0n) is 20.4. The Labute approximate surface area is 212 Å². The SMILES string of the molecule is CC(CO)N1CCC(C(=O)N(Cc2cn3ccc(-c4nnc(C(F)F)o4)cc3n2)c2ccccc2)CC1. The number of halogens is 2. The highest BCUT2D eigenvalue weighted by atomic mass is 19.3. The number of imidazole rings is 1. The van der Waals surface area contributed by atoms with Gasteiger partial charge in [0, 0.05) is 35.6 Å². The Morgan fingerprint density at radius 2 is 1.95 bits per heavy atom. The van der Waals surface area contributed by atoms with Crippen LogP contribution in [0.4, 0.5) is 14.5 Å². The maximum atomic E-state index is 13.7. The molecule has 9 nitrogen and oxygen atoms in total. The fourth-order valence-corrected chi connectivity index (χ4v) is 4.67. The van der Waals surface area contributed by atoms with Crippen LogP contribution in [0.5, 0.6) is 0 Å². The Balaban J connectivity index is 1.37. The summed E-state index contributed by atoms with van der Waals surface area (Å²) in [6.45, 7) is 3.90. The minimum Gasteiger partial charge on any atom is -0.415 e. The standard InChI is InChI=1S/C26H28F2N6O3/c1-17(16-35)32-10-7-18(8-11-32)26(36)34(21-5-3-2-4-6-21)15-20-14-33-12-9-19(13-22(33)29-20)24-30-31-25(37-24)23(27)28/h2-6,9,12-14,17-18,23,35H,7-8,10-11,15-16H2,1H3. The van der Waals surface area contributed by atoms with Crippen molar-refractivity contribution in [2.24, 2.45) is 5.92 Å². The van der Waals surface area contributed by atoms with E-state index in [0.29, 0.717) is 16.9 Å². The van der Waals surface area contributed by atoms with E-state index in [-0.39, 0.29) is 36.9 Å². The highest BCUT2D eigenvalue weighted by molar-refractivity contribution is 5.95. The molecule has 1 unspecified atom stereocenters. The number of anilines is 1. The summed E-state index contributed by atoms with van der Waals surface area (Å²) in [5, 5.41) is 16.5. The molecule has 0 radical (unpaired) electrons. The molecule has 1 N–H and O–H groups in total. The molecule has 1 aliphatic rings. The number of hydrogen-bond donors (Lipinski definition) is 1. The first kappa shape index (κ1) is 25.0. The third-order valence-electron chi connectivity index (χ3n) is 6.80. The smallest absolute Gasteiger partial charge is 0.314 e. The number of rotatable bonds is 8. The van der Waals surface area contributed by atoms with Gasteiger partial charge in [-0.15, -0.1) is 10.2 Å². The Hall–Kier alpha value is -3.70. The van der Waals surface area contributed by atoms with Gasteiger partial charge in [-0.05, 0) is 57.1 Å². The molecule has 1 saturated heterocycles. The van der Waals surface area contributed by atoms with E-state index in [0.717, 1.165) is 31.6 Å². The number of aromatic nitrogens is 4. The third kappa shape index (κ3) is 5.37. The molecule has 0 bridgehead atoms. The number of pyridine rings is 1. The van der Waals surface area contributed by atoms with Gasteiger partial charge in [0.1, 0.15) is 5.65 Å². The number of para-hydroxylation sites is 1. The summed E-state index contributed by atoms with van der Waals surface area (Å²) in [5.74, 6) is -0.809. The molecule has 4 aromatic rings. The number of amides is 1. The van der Waals surface area contributed by atoms with Crippen LogP contribution in [0, 0.1) is 5.92 Å². The summed E-state index contributed by atoms with van der Waals surface area (Å²) in [4.78, 5) is 22.4. The zero-order valence-corrected chi connectivity index (χ0v) is 20.4. The van der Waals surface area contributed by atoms with E-state index >= 15 is 0 Å². The molecule has 3 aromatic heterocycles. The van der Waals surface area contributed by atoms with Gasteiger partial charge in [-0.2, -0.15) is 8.78 Å². The van der Waals surface area contributed by atoms with Crippen molar-refractivity contribution >= 4 is 17.2 Å². The maximum absolute atomic E-state index is 13.7. The zero-order chi connectivity index (χ0) is 25.9. The summed E-state index contributed by atoms with van der Waals surface area (Å²) in [6, 6.07) is 13.0. The Morgan fingerprint density at radius 3 is 2.62 bits per heavy atom. The number of hydrogen-bond acceptors (Lipinski definition) is 7. The normalized spacial score (nSPS) is 15.9. The van der Waals surface area contributed by atoms with Crippen molar-refractivity contribution in [2.75, 3.05) is 24.6 Å². The predicted octanol–water partition coefficient (Wildman–Crippen LogP) is 3.95. The van der Waals surface area contributed by atoms with Crippen LogP contribution >= 0.6 is 0 Å². The second-order valence-corrected chi connectivity index (χ2v) is 9.26. The van der Waals surface area contributed by atoms with Crippen LogP contribution in [0.15, 0.2) is 59.3 Å². The van der Waals surface area contributed by atoms with Gasteiger partial charge < -0.3 is 18.8 Å². The van der Waals surface area contributed by atoms with E-state index in [2.05, 4.69) is 20.1 Å². The number of piperidine rings is 1. The van der Waals surface area contributed by atoms with Crippen molar-refractivity contribution < 1.29 is 23.1 Å². The first-order chi connectivity index (χ1) is 17.9. The van der Waals surface area contributed by atoms with E-state index < -0.39 is 12.3 Å². The molecule has 5 rings (SSSR count). The van der Waals surface area contributed by atoms with Gasteiger partial charge in [-0.3, -0.25) is 9.69 Å². The summed E-state index contributed by atoms with van der Waals surface area (Å²) >= 11 is 0. The lowest BCUT2D eigenvalue weighted by Gasteiger charge is -2.36. The van der Waals surface area contributed by atoms with Crippen molar-refractivity contribution in [3.8, 4) is 11.5 Å².